The Balaban J connectivity index is 1.41. The van der Waals surface area contributed by atoms with Gasteiger partial charge in [0.05, 0.1) is 12.7 Å². The van der Waals surface area contributed by atoms with Crippen LogP contribution in [0.5, 0.6) is 0 Å². The van der Waals surface area contributed by atoms with Crippen LogP contribution >= 0.6 is 11.3 Å². The van der Waals surface area contributed by atoms with E-state index >= 15 is 0 Å². The number of benzene rings is 1. The zero-order valence-corrected chi connectivity index (χ0v) is 12.7. The third kappa shape index (κ3) is 2.28. The van der Waals surface area contributed by atoms with E-state index in [4.69, 9.17) is 4.74 Å². The predicted octanol–water partition coefficient (Wildman–Crippen LogP) is 4.04. The average molecular weight is 287 g/mol. The molecule has 20 heavy (non-hydrogen) atoms. The monoisotopic (exact) mass is 287 g/mol. The molecule has 2 aliphatic rings. The molecule has 0 saturated carbocycles. The smallest absolute Gasteiger partial charge is 0.0813 e. The summed E-state index contributed by atoms with van der Waals surface area (Å²) in [5.41, 5.74) is 0. The number of rotatable bonds is 3. The van der Waals surface area contributed by atoms with Gasteiger partial charge in [-0.2, -0.15) is 0 Å². The zero-order valence-electron chi connectivity index (χ0n) is 11.9. The Morgan fingerprint density at radius 1 is 1.20 bits per heavy atom. The molecule has 3 heteroatoms. The first-order valence-electron chi connectivity index (χ1n) is 7.60. The predicted molar refractivity (Wildman–Crippen MR) is 84.2 cm³/mol. The summed E-state index contributed by atoms with van der Waals surface area (Å²) in [6.07, 6.45) is 5.64. The average Bonchev–Trinajstić information content (AvgIpc) is 2.94. The second kappa shape index (κ2) is 5.14. The SMILES string of the molecule is CN1[C@@H]2CC[C@H]1C[C@@H](OCc1cc3ccccc3s1)C2. The van der Waals surface area contributed by atoms with Crippen LogP contribution in [0.2, 0.25) is 0 Å². The summed E-state index contributed by atoms with van der Waals surface area (Å²) in [4.78, 5) is 3.93. The van der Waals surface area contributed by atoms with Crippen molar-refractivity contribution in [2.45, 2.75) is 50.5 Å². The fourth-order valence-electron chi connectivity index (χ4n) is 3.81. The van der Waals surface area contributed by atoms with E-state index in [0.29, 0.717) is 6.10 Å². The van der Waals surface area contributed by atoms with Crippen molar-refractivity contribution in [3.8, 4) is 0 Å². The Morgan fingerprint density at radius 2 is 1.95 bits per heavy atom. The van der Waals surface area contributed by atoms with Crippen molar-refractivity contribution in [1.29, 1.82) is 0 Å². The van der Waals surface area contributed by atoms with Gasteiger partial charge in [-0.15, -0.1) is 11.3 Å². The molecule has 0 N–H and O–H groups in total. The lowest BCUT2D eigenvalue weighted by Crippen LogP contribution is -2.42. The highest BCUT2D eigenvalue weighted by Crippen LogP contribution is 2.36. The molecule has 2 aromatic rings. The molecule has 0 aliphatic carbocycles. The number of nitrogens with zero attached hydrogens (tertiary/aromatic N) is 1. The van der Waals surface area contributed by atoms with Crippen LogP contribution in [0, 0.1) is 0 Å². The minimum Gasteiger partial charge on any atom is -0.373 e. The van der Waals surface area contributed by atoms with Crippen LogP contribution in [0.1, 0.15) is 30.6 Å². The molecule has 2 aliphatic heterocycles. The zero-order chi connectivity index (χ0) is 13.5. The molecule has 2 nitrogen and oxygen atoms in total. The van der Waals surface area contributed by atoms with Crippen LogP contribution < -0.4 is 0 Å². The number of piperidine rings is 1. The standard InChI is InChI=1S/C17H21NOS/c1-18-13-6-7-14(18)10-15(9-13)19-11-16-8-12-4-2-3-5-17(12)20-16/h2-5,8,13-15H,6-7,9-11H2,1H3/t13-,14+,15+. The summed E-state index contributed by atoms with van der Waals surface area (Å²) in [5.74, 6) is 0. The van der Waals surface area contributed by atoms with Crippen LogP contribution in [0.4, 0.5) is 0 Å². The molecule has 0 unspecified atom stereocenters. The van der Waals surface area contributed by atoms with E-state index in [1.165, 1.54) is 40.6 Å². The van der Waals surface area contributed by atoms with Crippen molar-refractivity contribution in [3.05, 3.63) is 35.2 Å². The van der Waals surface area contributed by atoms with Gasteiger partial charge in [-0.05, 0) is 50.2 Å². The topological polar surface area (TPSA) is 12.5 Å². The lowest BCUT2D eigenvalue weighted by atomic mass is 10.0. The molecule has 1 aromatic carbocycles. The van der Waals surface area contributed by atoms with Crippen LogP contribution in [0.3, 0.4) is 0 Å². The van der Waals surface area contributed by atoms with Gasteiger partial charge in [-0.25, -0.2) is 0 Å². The molecule has 0 amide bonds. The van der Waals surface area contributed by atoms with Gasteiger partial charge in [0.1, 0.15) is 0 Å². The maximum Gasteiger partial charge on any atom is 0.0813 e. The molecule has 2 fully saturated rings. The second-order valence-corrected chi connectivity index (χ2v) is 7.37. The minimum absolute atomic E-state index is 0.467. The van der Waals surface area contributed by atoms with Gasteiger partial charge in [0.25, 0.3) is 0 Å². The van der Waals surface area contributed by atoms with E-state index in [1.807, 2.05) is 11.3 Å². The molecule has 0 radical (unpaired) electrons. The molecule has 0 spiro atoms. The van der Waals surface area contributed by atoms with Gasteiger partial charge in [-0.3, -0.25) is 0 Å². The maximum absolute atomic E-state index is 6.21. The number of fused-ring (bicyclic) bond motifs is 3. The summed E-state index contributed by atoms with van der Waals surface area (Å²) < 4.78 is 7.58. The molecular weight excluding hydrogens is 266 g/mol. The first-order valence-corrected chi connectivity index (χ1v) is 8.42. The Hall–Kier alpha value is -0.900. The summed E-state index contributed by atoms with van der Waals surface area (Å²) >= 11 is 1.87. The normalized spacial score (nSPS) is 30.1. The third-order valence-electron chi connectivity index (χ3n) is 4.99. The van der Waals surface area contributed by atoms with E-state index in [-0.39, 0.29) is 0 Å². The lowest BCUT2D eigenvalue weighted by Gasteiger charge is -2.36. The Labute approximate surface area is 124 Å². The van der Waals surface area contributed by atoms with Crippen LogP contribution in [0.15, 0.2) is 30.3 Å². The fraction of sp³-hybridized carbons (Fsp3) is 0.529. The number of thiophene rings is 1. The number of hydrogen-bond donors (Lipinski definition) is 0. The summed E-state index contributed by atoms with van der Waals surface area (Å²) in [7, 11) is 2.28. The van der Waals surface area contributed by atoms with Crippen molar-refractivity contribution in [1.82, 2.24) is 4.90 Å². The quantitative estimate of drug-likeness (QED) is 0.844. The summed E-state index contributed by atoms with van der Waals surface area (Å²) in [6.45, 7) is 0.785. The lowest BCUT2D eigenvalue weighted by molar-refractivity contribution is -0.0201. The molecule has 1 aromatic heterocycles. The summed E-state index contributed by atoms with van der Waals surface area (Å²) in [6, 6.07) is 12.4. The Kier molecular flexibility index (Phi) is 3.29. The van der Waals surface area contributed by atoms with Crippen molar-refractivity contribution in [3.63, 3.8) is 0 Å². The molecule has 3 atom stereocenters. The third-order valence-corrected chi connectivity index (χ3v) is 6.08. The molecule has 2 saturated heterocycles. The molecule has 3 heterocycles. The van der Waals surface area contributed by atoms with Gasteiger partial charge in [0, 0.05) is 21.7 Å². The van der Waals surface area contributed by atoms with Crippen molar-refractivity contribution in [2.75, 3.05) is 7.05 Å². The van der Waals surface area contributed by atoms with E-state index in [1.54, 1.807) is 0 Å². The minimum atomic E-state index is 0.467. The molecule has 4 rings (SSSR count). The number of ether oxygens (including phenoxy) is 1. The Bertz CT molecular complexity index is 561. The van der Waals surface area contributed by atoms with Gasteiger partial charge < -0.3 is 9.64 Å². The van der Waals surface area contributed by atoms with Gasteiger partial charge >= 0.3 is 0 Å². The largest absolute Gasteiger partial charge is 0.373 e. The first-order chi connectivity index (χ1) is 9.79. The van der Waals surface area contributed by atoms with Crippen molar-refractivity contribution in [2.24, 2.45) is 0 Å². The van der Waals surface area contributed by atoms with Gasteiger partial charge in [-0.1, -0.05) is 18.2 Å². The van der Waals surface area contributed by atoms with E-state index in [9.17, 15) is 0 Å². The van der Waals surface area contributed by atoms with E-state index in [0.717, 1.165) is 18.7 Å². The van der Waals surface area contributed by atoms with Gasteiger partial charge in [0.15, 0.2) is 0 Å². The Morgan fingerprint density at radius 3 is 2.70 bits per heavy atom. The number of hydrogen-bond acceptors (Lipinski definition) is 3. The highest BCUT2D eigenvalue weighted by Gasteiger charge is 2.38. The fourth-order valence-corrected chi connectivity index (χ4v) is 4.79. The van der Waals surface area contributed by atoms with Crippen LogP contribution in [0.25, 0.3) is 10.1 Å². The van der Waals surface area contributed by atoms with Gasteiger partial charge in [0.2, 0.25) is 0 Å². The van der Waals surface area contributed by atoms with Crippen LogP contribution in [-0.2, 0) is 11.3 Å². The van der Waals surface area contributed by atoms with E-state index < -0.39 is 0 Å². The van der Waals surface area contributed by atoms with Crippen molar-refractivity contribution < 1.29 is 4.74 Å². The molecule has 106 valence electrons. The maximum atomic E-state index is 6.21. The highest BCUT2D eigenvalue weighted by molar-refractivity contribution is 7.19. The summed E-state index contributed by atoms with van der Waals surface area (Å²) in [5, 5.41) is 1.35. The highest BCUT2D eigenvalue weighted by atomic mass is 32.1. The molecular formula is C17H21NOS. The van der Waals surface area contributed by atoms with Crippen molar-refractivity contribution >= 4 is 21.4 Å². The second-order valence-electron chi connectivity index (χ2n) is 6.21. The first kappa shape index (κ1) is 12.8. The molecule has 2 bridgehead atoms. The van der Waals surface area contributed by atoms with Crippen LogP contribution in [-0.4, -0.2) is 30.1 Å². The van der Waals surface area contributed by atoms with E-state index in [2.05, 4.69) is 42.3 Å².